The number of hydrogen-bond donors (Lipinski definition) is 1. The molecular weight excluding hydrogens is 347 g/mol. The van der Waals surface area contributed by atoms with E-state index in [1.165, 1.54) is 17.0 Å². The Morgan fingerprint density at radius 1 is 1.22 bits per heavy atom. The normalized spacial score (nSPS) is 19.4. The molecule has 3 amide bonds. The first-order valence-electron chi connectivity index (χ1n) is 8.76. The van der Waals surface area contributed by atoms with Crippen LogP contribution < -0.4 is 5.32 Å². The molecule has 0 saturated heterocycles. The molecule has 2 aliphatic heterocycles. The summed E-state index contributed by atoms with van der Waals surface area (Å²) in [4.78, 5) is 32.9. The Kier molecular flexibility index (Phi) is 4.35. The molecule has 138 valence electrons. The van der Waals surface area contributed by atoms with E-state index < -0.39 is 11.9 Å². The number of nitrogens with one attached hydrogen (secondary N) is 1. The SMILES string of the molecule is CN1C(=O)N[C@H](c2cccc(F)c2)C2=C1CN(CCc1ccccn1)C2=O. The van der Waals surface area contributed by atoms with E-state index in [4.69, 9.17) is 0 Å². The summed E-state index contributed by atoms with van der Waals surface area (Å²) in [6.45, 7) is 0.859. The van der Waals surface area contributed by atoms with Crippen LogP contribution in [0, 0.1) is 5.82 Å². The summed E-state index contributed by atoms with van der Waals surface area (Å²) < 4.78 is 13.7. The number of hydrogen-bond acceptors (Lipinski definition) is 3. The molecule has 2 aromatic rings. The predicted molar refractivity (Wildman–Crippen MR) is 97.0 cm³/mol. The van der Waals surface area contributed by atoms with Gasteiger partial charge in [0.05, 0.1) is 23.9 Å². The molecule has 27 heavy (non-hydrogen) atoms. The molecule has 6 nitrogen and oxygen atoms in total. The van der Waals surface area contributed by atoms with E-state index >= 15 is 0 Å². The highest BCUT2D eigenvalue weighted by atomic mass is 19.1. The number of likely N-dealkylation sites (N-methyl/N-ethyl adjacent to an activating group) is 1. The summed E-state index contributed by atoms with van der Waals surface area (Å²) in [5.74, 6) is -0.540. The monoisotopic (exact) mass is 366 g/mol. The van der Waals surface area contributed by atoms with Gasteiger partial charge in [-0.05, 0) is 29.8 Å². The van der Waals surface area contributed by atoms with Crippen molar-refractivity contribution >= 4 is 11.9 Å². The molecule has 1 atom stereocenters. The van der Waals surface area contributed by atoms with E-state index in [0.29, 0.717) is 36.3 Å². The van der Waals surface area contributed by atoms with Gasteiger partial charge >= 0.3 is 6.03 Å². The number of amides is 3. The van der Waals surface area contributed by atoms with Crippen molar-refractivity contribution in [2.45, 2.75) is 12.5 Å². The van der Waals surface area contributed by atoms with Crippen molar-refractivity contribution in [3.05, 3.63) is 77.0 Å². The Balaban J connectivity index is 1.60. The smallest absolute Gasteiger partial charge is 0.322 e. The van der Waals surface area contributed by atoms with Crippen LogP contribution in [-0.2, 0) is 11.2 Å². The van der Waals surface area contributed by atoms with Gasteiger partial charge in [-0.15, -0.1) is 0 Å². The maximum absolute atomic E-state index is 13.7. The summed E-state index contributed by atoms with van der Waals surface area (Å²) in [5, 5.41) is 2.81. The van der Waals surface area contributed by atoms with Crippen LogP contribution in [0.4, 0.5) is 9.18 Å². The average Bonchev–Trinajstić information content (AvgIpc) is 3.01. The van der Waals surface area contributed by atoms with Gasteiger partial charge in [0.2, 0.25) is 0 Å². The summed E-state index contributed by atoms with van der Waals surface area (Å²) in [6.07, 6.45) is 2.35. The number of carbonyl (C=O) groups is 2. The number of carbonyl (C=O) groups excluding carboxylic acids is 2. The largest absolute Gasteiger partial charge is 0.333 e. The van der Waals surface area contributed by atoms with Crippen molar-refractivity contribution in [3.8, 4) is 0 Å². The molecular formula is C20H19FN4O2. The van der Waals surface area contributed by atoms with E-state index in [1.807, 2.05) is 18.2 Å². The van der Waals surface area contributed by atoms with Gasteiger partial charge in [-0.1, -0.05) is 18.2 Å². The molecule has 0 aliphatic carbocycles. The molecule has 0 radical (unpaired) electrons. The number of rotatable bonds is 4. The summed E-state index contributed by atoms with van der Waals surface area (Å²) in [7, 11) is 1.64. The highest BCUT2D eigenvalue weighted by molar-refractivity contribution is 6.01. The molecule has 1 aromatic heterocycles. The first kappa shape index (κ1) is 17.2. The number of nitrogens with zero attached hydrogens (tertiary/aromatic N) is 3. The van der Waals surface area contributed by atoms with Crippen molar-refractivity contribution in [2.75, 3.05) is 20.1 Å². The van der Waals surface area contributed by atoms with Gasteiger partial charge in [0.15, 0.2) is 0 Å². The third kappa shape index (κ3) is 3.16. The number of pyridine rings is 1. The maximum atomic E-state index is 13.7. The van der Waals surface area contributed by atoms with Gasteiger partial charge < -0.3 is 10.2 Å². The minimum atomic E-state index is -0.647. The van der Waals surface area contributed by atoms with Gasteiger partial charge in [0, 0.05) is 31.9 Å². The molecule has 4 rings (SSSR count). The number of urea groups is 1. The van der Waals surface area contributed by atoms with Crippen LogP contribution in [0.5, 0.6) is 0 Å². The van der Waals surface area contributed by atoms with Crippen molar-refractivity contribution < 1.29 is 14.0 Å². The van der Waals surface area contributed by atoms with E-state index in [1.54, 1.807) is 30.3 Å². The zero-order chi connectivity index (χ0) is 19.0. The molecule has 2 aliphatic rings. The lowest BCUT2D eigenvalue weighted by Gasteiger charge is -2.31. The predicted octanol–water partition coefficient (Wildman–Crippen LogP) is 2.26. The molecule has 0 bridgehead atoms. The Morgan fingerprint density at radius 3 is 2.81 bits per heavy atom. The second kappa shape index (κ2) is 6.83. The lowest BCUT2D eigenvalue weighted by atomic mass is 9.95. The van der Waals surface area contributed by atoms with Crippen LogP contribution in [0.3, 0.4) is 0 Å². The highest BCUT2D eigenvalue weighted by Gasteiger charge is 2.42. The zero-order valence-electron chi connectivity index (χ0n) is 14.9. The molecule has 0 unspecified atom stereocenters. The van der Waals surface area contributed by atoms with Crippen LogP contribution in [0.2, 0.25) is 0 Å². The van der Waals surface area contributed by atoms with Gasteiger partial charge in [-0.2, -0.15) is 0 Å². The maximum Gasteiger partial charge on any atom is 0.322 e. The van der Waals surface area contributed by atoms with Gasteiger partial charge in [0.1, 0.15) is 5.82 Å². The number of benzene rings is 1. The first-order valence-corrected chi connectivity index (χ1v) is 8.76. The van der Waals surface area contributed by atoms with Crippen molar-refractivity contribution in [2.24, 2.45) is 0 Å². The third-order valence-electron chi connectivity index (χ3n) is 4.98. The van der Waals surface area contributed by atoms with Crippen LogP contribution in [-0.4, -0.2) is 46.9 Å². The second-order valence-corrected chi connectivity index (χ2v) is 6.65. The van der Waals surface area contributed by atoms with E-state index in [2.05, 4.69) is 10.3 Å². The zero-order valence-corrected chi connectivity index (χ0v) is 14.9. The minimum Gasteiger partial charge on any atom is -0.333 e. The average molecular weight is 366 g/mol. The fraction of sp³-hybridized carbons (Fsp3) is 0.250. The van der Waals surface area contributed by atoms with Crippen LogP contribution in [0.1, 0.15) is 17.3 Å². The van der Waals surface area contributed by atoms with E-state index in [9.17, 15) is 14.0 Å². The van der Waals surface area contributed by atoms with Crippen molar-refractivity contribution in [3.63, 3.8) is 0 Å². The lowest BCUT2D eigenvalue weighted by molar-refractivity contribution is -0.125. The second-order valence-electron chi connectivity index (χ2n) is 6.65. The van der Waals surface area contributed by atoms with Crippen LogP contribution >= 0.6 is 0 Å². The van der Waals surface area contributed by atoms with Crippen molar-refractivity contribution in [1.29, 1.82) is 0 Å². The van der Waals surface area contributed by atoms with E-state index in [0.717, 1.165) is 5.69 Å². The van der Waals surface area contributed by atoms with Crippen molar-refractivity contribution in [1.82, 2.24) is 20.1 Å². The molecule has 7 heteroatoms. The topological polar surface area (TPSA) is 65.5 Å². The van der Waals surface area contributed by atoms with Crippen LogP contribution in [0.25, 0.3) is 0 Å². The first-order chi connectivity index (χ1) is 13.0. The van der Waals surface area contributed by atoms with Gasteiger partial charge in [-0.25, -0.2) is 9.18 Å². The quantitative estimate of drug-likeness (QED) is 0.903. The fourth-order valence-electron chi connectivity index (χ4n) is 3.54. The highest BCUT2D eigenvalue weighted by Crippen LogP contribution is 2.35. The van der Waals surface area contributed by atoms with Gasteiger partial charge in [0.25, 0.3) is 5.91 Å². The Hall–Kier alpha value is -3.22. The molecule has 1 N–H and O–H groups in total. The van der Waals surface area contributed by atoms with Gasteiger partial charge in [-0.3, -0.25) is 14.7 Å². The number of aromatic nitrogens is 1. The molecule has 0 saturated carbocycles. The summed E-state index contributed by atoms with van der Waals surface area (Å²) in [6, 6.07) is 10.7. The number of halogens is 1. The summed E-state index contributed by atoms with van der Waals surface area (Å²) in [5.41, 5.74) is 2.63. The third-order valence-corrected chi connectivity index (χ3v) is 4.98. The minimum absolute atomic E-state index is 0.137. The summed E-state index contributed by atoms with van der Waals surface area (Å²) >= 11 is 0. The Bertz CT molecular complexity index is 929. The molecule has 1 aromatic carbocycles. The Morgan fingerprint density at radius 2 is 2.07 bits per heavy atom. The molecule has 0 spiro atoms. The van der Waals surface area contributed by atoms with E-state index in [-0.39, 0.29) is 11.9 Å². The lowest BCUT2D eigenvalue weighted by Crippen LogP contribution is -2.45. The van der Waals surface area contributed by atoms with Crippen LogP contribution in [0.15, 0.2) is 59.9 Å². The molecule has 0 fully saturated rings. The Labute approximate surface area is 156 Å². The standard InChI is InChI=1S/C20H19FN4O2/c1-24-16-12-25(10-8-15-7-2-3-9-22-15)19(26)17(16)18(23-20(24)27)13-5-4-6-14(21)11-13/h2-7,9,11,18H,8,10,12H2,1H3,(H,23,27)/t18-/m1/s1. The molecule has 3 heterocycles. The fourth-order valence-corrected chi connectivity index (χ4v) is 3.54.